The first kappa shape index (κ1) is 14.5. The van der Waals surface area contributed by atoms with Crippen molar-refractivity contribution in [2.75, 3.05) is 13.7 Å². The lowest BCUT2D eigenvalue weighted by Gasteiger charge is -2.33. The van der Waals surface area contributed by atoms with Crippen LogP contribution in [-0.2, 0) is 14.3 Å². The molecule has 1 aromatic carbocycles. The maximum atomic E-state index is 13.0. The molecule has 1 heterocycles. The number of benzene rings is 1. The van der Waals surface area contributed by atoms with Crippen LogP contribution in [0.2, 0.25) is 0 Å². The molecule has 2 amide bonds. The van der Waals surface area contributed by atoms with E-state index >= 15 is 0 Å². The number of ether oxygens (including phenoxy) is 1. The van der Waals surface area contributed by atoms with Crippen LogP contribution in [0.5, 0.6) is 0 Å². The van der Waals surface area contributed by atoms with Gasteiger partial charge in [-0.05, 0) is 24.1 Å². The number of carbonyl (C=O) groups excluding carboxylic acids is 2. The summed E-state index contributed by atoms with van der Waals surface area (Å²) in [5.41, 5.74) is 0.766. The summed E-state index contributed by atoms with van der Waals surface area (Å²) in [6.07, 6.45) is 0.902. The first-order valence-corrected chi connectivity index (χ1v) is 6.43. The van der Waals surface area contributed by atoms with Gasteiger partial charge in [-0.1, -0.05) is 12.1 Å². The molecule has 0 unspecified atom stereocenters. The van der Waals surface area contributed by atoms with Gasteiger partial charge in [0, 0.05) is 13.5 Å². The first-order valence-electron chi connectivity index (χ1n) is 6.43. The summed E-state index contributed by atoms with van der Waals surface area (Å²) in [6, 6.07) is 5.33. The fraction of sp³-hybridized carbons (Fsp3) is 0.429. The lowest BCUT2D eigenvalue weighted by atomic mass is 9.92. The number of nitrogens with one attached hydrogen (secondary N) is 2. The average molecular weight is 280 g/mol. The number of hydrogen-bond donors (Lipinski definition) is 2. The molecule has 2 atom stereocenters. The predicted octanol–water partition coefficient (Wildman–Crippen LogP) is 0.908. The van der Waals surface area contributed by atoms with Gasteiger partial charge in [0.1, 0.15) is 12.4 Å². The summed E-state index contributed by atoms with van der Waals surface area (Å²) >= 11 is 0. The Bertz CT molecular complexity index is 490. The van der Waals surface area contributed by atoms with Gasteiger partial charge in [0.25, 0.3) is 0 Å². The Balaban J connectivity index is 2.13. The molecule has 1 aliphatic rings. The molecular weight excluding hydrogens is 263 g/mol. The van der Waals surface area contributed by atoms with Gasteiger partial charge in [0.2, 0.25) is 11.8 Å². The SMILES string of the molecule is COCC(=O)N[C@H]1CCC(=O)N[C@@H]1c1ccc(F)cc1. The number of amides is 2. The van der Waals surface area contributed by atoms with Gasteiger partial charge < -0.3 is 15.4 Å². The molecule has 1 aliphatic heterocycles. The Morgan fingerprint density at radius 1 is 1.45 bits per heavy atom. The van der Waals surface area contributed by atoms with Crippen molar-refractivity contribution in [3.05, 3.63) is 35.6 Å². The molecule has 2 N–H and O–H groups in total. The highest BCUT2D eigenvalue weighted by atomic mass is 19.1. The number of piperidine rings is 1. The van der Waals surface area contributed by atoms with Gasteiger partial charge in [-0.15, -0.1) is 0 Å². The van der Waals surface area contributed by atoms with Crippen LogP contribution >= 0.6 is 0 Å². The van der Waals surface area contributed by atoms with E-state index in [9.17, 15) is 14.0 Å². The molecule has 0 bridgehead atoms. The third-order valence-corrected chi connectivity index (χ3v) is 3.25. The minimum absolute atomic E-state index is 0.0272. The third-order valence-electron chi connectivity index (χ3n) is 3.25. The number of carbonyl (C=O) groups is 2. The second-order valence-corrected chi connectivity index (χ2v) is 4.74. The molecule has 1 fully saturated rings. The molecule has 5 nitrogen and oxygen atoms in total. The molecule has 6 heteroatoms. The Kier molecular flexibility index (Phi) is 4.68. The average Bonchev–Trinajstić information content (AvgIpc) is 2.42. The lowest BCUT2D eigenvalue weighted by molar-refractivity contribution is -0.129. The van der Waals surface area contributed by atoms with Gasteiger partial charge >= 0.3 is 0 Å². The minimum atomic E-state index is -0.349. The summed E-state index contributed by atoms with van der Waals surface area (Å²) < 4.78 is 17.7. The predicted molar refractivity (Wildman–Crippen MR) is 70.3 cm³/mol. The summed E-state index contributed by atoms with van der Waals surface area (Å²) in [4.78, 5) is 23.2. The van der Waals surface area contributed by atoms with Gasteiger partial charge in [-0.3, -0.25) is 9.59 Å². The highest BCUT2D eigenvalue weighted by Crippen LogP contribution is 2.24. The van der Waals surface area contributed by atoms with Crippen molar-refractivity contribution in [1.82, 2.24) is 10.6 Å². The van der Waals surface area contributed by atoms with E-state index in [-0.39, 0.29) is 36.3 Å². The van der Waals surface area contributed by atoms with E-state index in [0.29, 0.717) is 12.8 Å². The molecule has 0 aliphatic carbocycles. The number of halogens is 1. The second-order valence-electron chi connectivity index (χ2n) is 4.74. The van der Waals surface area contributed by atoms with Crippen molar-refractivity contribution in [3.63, 3.8) is 0 Å². The van der Waals surface area contributed by atoms with Crippen LogP contribution in [0.15, 0.2) is 24.3 Å². The highest BCUT2D eigenvalue weighted by Gasteiger charge is 2.30. The fourth-order valence-electron chi connectivity index (χ4n) is 2.32. The Morgan fingerprint density at radius 2 is 2.15 bits per heavy atom. The molecule has 0 radical (unpaired) electrons. The number of hydrogen-bond acceptors (Lipinski definition) is 3. The van der Waals surface area contributed by atoms with E-state index < -0.39 is 0 Å². The Labute approximate surface area is 116 Å². The number of rotatable bonds is 4. The maximum absolute atomic E-state index is 13.0. The van der Waals surface area contributed by atoms with Crippen molar-refractivity contribution in [3.8, 4) is 0 Å². The molecule has 0 spiro atoms. The van der Waals surface area contributed by atoms with Crippen LogP contribution < -0.4 is 10.6 Å². The van der Waals surface area contributed by atoms with Crippen LogP contribution in [0.1, 0.15) is 24.4 Å². The summed E-state index contributed by atoms with van der Waals surface area (Å²) in [5.74, 6) is -0.645. The van der Waals surface area contributed by atoms with Crippen LogP contribution in [0, 0.1) is 5.82 Å². The Hall–Kier alpha value is -1.95. The van der Waals surface area contributed by atoms with E-state index in [1.807, 2.05) is 0 Å². The molecule has 1 aromatic rings. The molecule has 1 saturated heterocycles. The van der Waals surface area contributed by atoms with Crippen LogP contribution in [-0.4, -0.2) is 31.6 Å². The summed E-state index contributed by atoms with van der Waals surface area (Å²) in [6.45, 7) is -0.0272. The molecule has 0 saturated carbocycles. The highest BCUT2D eigenvalue weighted by molar-refractivity contribution is 5.80. The van der Waals surface area contributed by atoms with Gasteiger partial charge in [0.05, 0.1) is 12.1 Å². The van der Waals surface area contributed by atoms with E-state index in [2.05, 4.69) is 10.6 Å². The maximum Gasteiger partial charge on any atom is 0.246 e. The lowest BCUT2D eigenvalue weighted by Crippen LogP contribution is -2.50. The molecule has 20 heavy (non-hydrogen) atoms. The van der Waals surface area contributed by atoms with E-state index in [4.69, 9.17) is 4.74 Å². The quantitative estimate of drug-likeness (QED) is 0.861. The van der Waals surface area contributed by atoms with Crippen LogP contribution in [0.4, 0.5) is 4.39 Å². The van der Waals surface area contributed by atoms with Crippen molar-refractivity contribution in [1.29, 1.82) is 0 Å². The Morgan fingerprint density at radius 3 is 2.80 bits per heavy atom. The van der Waals surface area contributed by atoms with E-state index in [0.717, 1.165) is 5.56 Å². The van der Waals surface area contributed by atoms with Gasteiger partial charge in [-0.2, -0.15) is 0 Å². The molecule has 108 valence electrons. The molecular formula is C14H17FN2O3. The van der Waals surface area contributed by atoms with Crippen molar-refractivity contribution in [2.45, 2.75) is 24.9 Å². The van der Waals surface area contributed by atoms with Crippen molar-refractivity contribution >= 4 is 11.8 Å². The first-order chi connectivity index (χ1) is 9.60. The standard InChI is InChI=1S/C14H17FN2O3/c1-20-8-13(19)16-11-6-7-12(18)17-14(11)9-2-4-10(15)5-3-9/h2-5,11,14H,6-8H2,1H3,(H,16,19)(H,17,18)/t11-,14+/m0/s1. The topological polar surface area (TPSA) is 67.4 Å². The number of methoxy groups -OCH3 is 1. The molecule has 2 rings (SSSR count). The second kappa shape index (κ2) is 6.47. The molecule has 0 aromatic heterocycles. The largest absolute Gasteiger partial charge is 0.375 e. The minimum Gasteiger partial charge on any atom is -0.375 e. The normalized spacial score (nSPS) is 22.2. The summed E-state index contributed by atoms with van der Waals surface area (Å²) in [7, 11) is 1.44. The van der Waals surface area contributed by atoms with Crippen LogP contribution in [0.3, 0.4) is 0 Å². The zero-order valence-corrected chi connectivity index (χ0v) is 11.2. The zero-order chi connectivity index (χ0) is 14.5. The monoisotopic (exact) mass is 280 g/mol. The van der Waals surface area contributed by atoms with Crippen molar-refractivity contribution in [2.24, 2.45) is 0 Å². The van der Waals surface area contributed by atoms with E-state index in [1.54, 1.807) is 12.1 Å². The van der Waals surface area contributed by atoms with Gasteiger partial charge in [0.15, 0.2) is 0 Å². The fourth-order valence-corrected chi connectivity index (χ4v) is 2.32. The van der Waals surface area contributed by atoms with Gasteiger partial charge in [-0.25, -0.2) is 4.39 Å². The van der Waals surface area contributed by atoms with E-state index in [1.165, 1.54) is 19.2 Å². The summed E-state index contributed by atoms with van der Waals surface area (Å²) in [5, 5.41) is 5.66. The smallest absolute Gasteiger partial charge is 0.246 e. The van der Waals surface area contributed by atoms with Crippen LogP contribution in [0.25, 0.3) is 0 Å². The van der Waals surface area contributed by atoms with Crippen molar-refractivity contribution < 1.29 is 18.7 Å². The zero-order valence-electron chi connectivity index (χ0n) is 11.2. The third kappa shape index (κ3) is 3.54.